The first-order chi connectivity index (χ1) is 11.3. The van der Waals surface area contributed by atoms with Gasteiger partial charge in [0.2, 0.25) is 11.8 Å². The summed E-state index contributed by atoms with van der Waals surface area (Å²) < 4.78 is 15.0. The number of nitrogens with zero attached hydrogens (tertiary/aromatic N) is 1. The number of anilines is 1. The molecule has 5 nitrogen and oxygen atoms in total. The Hall–Kier alpha value is -1.45. The Morgan fingerprint density at radius 3 is 2.83 bits per heavy atom. The molecule has 9 heteroatoms. The third-order valence-electron chi connectivity index (χ3n) is 3.04. The zero-order valence-corrected chi connectivity index (χ0v) is 16.1. The van der Waals surface area contributed by atoms with Gasteiger partial charge in [0.25, 0.3) is 0 Å². The fourth-order valence-electron chi connectivity index (χ4n) is 1.80. The zero-order chi connectivity index (χ0) is 17.9. The molecule has 0 aliphatic rings. The fraction of sp³-hybridized carbons (Fsp3) is 0.267. The monoisotopic (exact) mass is 431 g/mol. The molecule has 0 aliphatic carbocycles. The molecule has 1 atom stereocenters. The average Bonchev–Trinajstić information content (AvgIpc) is 2.80. The van der Waals surface area contributed by atoms with Gasteiger partial charge in [0.15, 0.2) is 4.34 Å². The van der Waals surface area contributed by atoms with Gasteiger partial charge in [-0.15, -0.1) is 11.3 Å². The van der Waals surface area contributed by atoms with Gasteiger partial charge >= 0.3 is 0 Å². The van der Waals surface area contributed by atoms with Crippen molar-refractivity contribution in [1.82, 2.24) is 4.98 Å². The molecule has 24 heavy (non-hydrogen) atoms. The van der Waals surface area contributed by atoms with Crippen LogP contribution >= 0.6 is 39.0 Å². The van der Waals surface area contributed by atoms with E-state index in [2.05, 4.69) is 26.2 Å². The number of nitrogens with two attached hydrogens (primary N) is 1. The number of aromatic nitrogens is 1. The highest BCUT2D eigenvalue weighted by molar-refractivity contribution is 9.10. The van der Waals surface area contributed by atoms with Crippen molar-refractivity contribution in [1.29, 1.82) is 0 Å². The molecule has 0 saturated carbocycles. The molecule has 1 heterocycles. The van der Waals surface area contributed by atoms with E-state index < -0.39 is 17.0 Å². The normalized spacial score (nSPS) is 12.0. The second-order valence-corrected chi connectivity index (χ2v) is 8.59. The summed E-state index contributed by atoms with van der Waals surface area (Å²) in [6.45, 7) is 3.50. The summed E-state index contributed by atoms with van der Waals surface area (Å²) in [5, 5.41) is 2.09. The molecule has 0 radical (unpaired) electrons. The molecule has 0 bridgehead atoms. The zero-order valence-electron chi connectivity index (χ0n) is 12.9. The van der Waals surface area contributed by atoms with E-state index in [0.29, 0.717) is 8.81 Å². The first-order valence-electron chi connectivity index (χ1n) is 6.93. The van der Waals surface area contributed by atoms with Crippen molar-refractivity contribution in [2.75, 3.05) is 5.32 Å². The van der Waals surface area contributed by atoms with Gasteiger partial charge in [-0.25, -0.2) is 9.37 Å². The van der Waals surface area contributed by atoms with Gasteiger partial charge in [0.05, 0.1) is 23.1 Å². The average molecular weight is 432 g/mol. The molecule has 0 spiro atoms. The van der Waals surface area contributed by atoms with Crippen molar-refractivity contribution in [2.45, 2.75) is 29.9 Å². The summed E-state index contributed by atoms with van der Waals surface area (Å²) in [6.07, 6.45) is 0.134. The maximum atomic E-state index is 13.8. The fourth-order valence-corrected chi connectivity index (χ4v) is 4.52. The predicted octanol–water partition coefficient (Wildman–Crippen LogP) is 3.50. The molecule has 2 aromatic rings. The van der Waals surface area contributed by atoms with E-state index in [-0.39, 0.29) is 18.0 Å². The summed E-state index contributed by atoms with van der Waals surface area (Å²) in [5.74, 6) is -1.26. The van der Waals surface area contributed by atoms with Crippen molar-refractivity contribution < 1.29 is 14.0 Å². The molecule has 2 rings (SSSR count). The van der Waals surface area contributed by atoms with Crippen molar-refractivity contribution in [2.24, 2.45) is 5.73 Å². The van der Waals surface area contributed by atoms with Gasteiger partial charge < -0.3 is 11.1 Å². The third-order valence-corrected chi connectivity index (χ3v) is 5.89. The Bertz CT molecular complexity index is 782. The van der Waals surface area contributed by atoms with Crippen LogP contribution in [0.3, 0.4) is 0 Å². The van der Waals surface area contributed by atoms with Crippen LogP contribution in [0.5, 0.6) is 0 Å². The maximum absolute atomic E-state index is 13.8. The minimum absolute atomic E-state index is 0.125. The molecule has 128 valence electrons. The van der Waals surface area contributed by atoms with E-state index in [1.165, 1.54) is 35.2 Å². The molecule has 0 aliphatic heterocycles. The van der Waals surface area contributed by atoms with Crippen LogP contribution in [0.15, 0.2) is 27.0 Å². The van der Waals surface area contributed by atoms with Gasteiger partial charge in [0, 0.05) is 9.35 Å². The second-order valence-electron chi connectivity index (χ2n) is 5.00. The Kier molecular flexibility index (Phi) is 6.36. The minimum Gasteiger partial charge on any atom is -0.369 e. The van der Waals surface area contributed by atoms with Crippen LogP contribution in [0.2, 0.25) is 0 Å². The Morgan fingerprint density at radius 2 is 2.21 bits per heavy atom. The highest BCUT2D eigenvalue weighted by Gasteiger charge is 2.19. The lowest BCUT2D eigenvalue weighted by Gasteiger charge is -2.11. The first-order valence-corrected chi connectivity index (χ1v) is 9.42. The Balaban J connectivity index is 2.02. The molecule has 0 unspecified atom stereocenters. The number of rotatable bonds is 6. The number of primary amides is 1. The van der Waals surface area contributed by atoms with Crippen molar-refractivity contribution >= 4 is 56.5 Å². The Labute approximate surface area is 155 Å². The van der Waals surface area contributed by atoms with E-state index in [9.17, 15) is 14.0 Å². The van der Waals surface area contributed by atoms with Crippen LogP contribution in [-0.4, -0.2) is 22.0 Å². The standard InChI is InChI=1S/C15H15BrFN3O2S2/c1-7-12(6-13(18)21)24-15(19-7)23-8(2)14(22)20-11-4-3-9(16)5-10(11)17/h3-5,8H,6H2,1-2H3,(H2,18,21)(H,20,22)/t8-/m0/s1. The minimum atomic E-state index is -0.510. The van der Waals surface area contributed by atoms with Gasteiger partial charge in [-0.05, 0) is 32.0 Å². The van der Waals surface area contributed by atoms with Crippen LogP contribution < -0.4 is 11.1 Å². The number of nitrogens with one attached hydrogen (secondary N) is 1. The van der Waals surface area contributed by atoms with Crippen molar-refractivity contribution in [3.8, 4) is 0 Å². The van der Waals surface area contributed by atoms with Crippen LogP contribution in [0.1, 0.15) is 17.5 Å². The van der Waals surface area contributed by atoms with Crippen molar-refractivity contribution in [3.63, 3.8) is 0 Å². The van der Waals surface area contributed by atoms with Gasteiger partial charge in [-0.2, -0.15) is 0 Å². The molecule has 2 amide bonds. The van der Waals surface area contributed by atoms with E-state index in [1.807, 2.05) is 0 Å². The predicted molar refractivity (Wildman–Crippen MR) is 97.8 cm³/mol. The second kappa shape index (κ2) is 8.09. The SMILES string of the molecule is Cc1nc(S[C@@H](C)C(=O)Nc2ccc(Br)cc2F)sc1CC(N)=O. The third kappa shape index (κ3) is 5.02. The summed E-state index contributed by atoms with van der Waals surface area (Å²) in [5.41, 5.74) is 6.05. The van der Waals surface area contributed by atoms with Crippen LogP contribution in [0.4, 0.5) is 10.1 Å². The number of amides is 2. The highest BCUT2D eigenvalue weighted by Crippen LogP contribution is 2.31. The summed E-state index contributed by atoms with van der Waals surface area (Å²) in [6, 6.07) is 4.43. The number of thiazole rings is 1. The number of thioether (sulfide) groups is 1. The summed E-state index contributed by atoms with van der Waals surface area (Å²) in [7, 11) is 0. The molecule has 1 aromatic heterocycles. The molecule has 0 fully saturated rings. The number of hydrogen-bond acceptors (Lipinski definition) is 5. The van der Waals surface area contributed by atoms with E-state index in [0.717, 1.165) is 10.6 Å². The largest absolute Gasteiger partial charge is 0.369 e. The van der Waals surface area contributed by atoms with Crippen LogP contribution in [0, 0.1) is 12.7 Å². The van der Waals surface area contributed by atoms with Crippen LogP contribution in [0.25, 0.3) is 0 Å². The number of benzene rings is 1. The highest BCUT2D eigenvalue weighted by atomic mass is 79.9. The number of hydrogen-bond donors (Lipinski definition) is 2. The van der Waals surface area contributed by atoms with Gasteiger partial charge in [-0.3, -0.25) is 9.59 Å². The lowest BCUT2D eigenvalue weighted by atomic mass is 10.3. The Morgan fingerprint density at radius 1 is 1.50 bits per heavy atom. The van der Waals surface area contributed by atoms with Crippen LogP contribution in [-0.2, 0) is 16.0 Å². The van der Waals surface area contributed by atoms with Gasteiger partial charge in [-0.1, -0.05) is 27.7 Å². The smallest absolute Gasteiger partial charge is 0.237 e. The lowest BCUT2D eigenvalue weighted by molar-refractivity contribution is -0.117. The lowest BCUT2D eigenvalue weighted by Crippen LogP contribution is -2.22. The quantitative estimate of drug-likeness (QED) is 0.685. The summed E-state index contributed by atoms with van der Waals surface area (Å²) in [4.78, 5) is 28.4. The number of carbonyl (C=O) groups excluding carboxylic acids is 2. The summed E-state index contributed by atoms with van der Waals surface area (Å²) >= 11 is 5.75. The van der Waals surface area contributed by atoms with Gasteiger partial charge in [0.1, 0.15) is 5.82 Å². The maximum Gasteiger partial charge on any atom is 0.237 e. The van der Waals surface area contributed by atoms with E-state index in [1.54, 1.807) is 19.9 Å². The van der Waals surface area contributed by atoms with E-state index >= 15 is 0 Å². The van der Waals surface area contributed by atoms with E-state index in [4.69, 9.17) is 5.73 Å². The number of carbonyl (C=O) groups is 2. The first kappa shape index (κ1) is 18.9. The number of halogens is 2. The molecule has 1 aromatic carbocycles. The number of aryl methyl sites for hydroxylation is 1. The molecule has 0 saturated heterocycles. The molecule has 3 N–H and O–H groups in total. The molecular weight excluding hydrogens is 417 g/mol. The topological polar surface area (TPSA) is 85.1 Å². The van der Waals surface area contributed by atoms with Crippen molar-refractivity contribution in [3.05, 3.63) is 39.1 Å². The molecular formula is C15H15BrFN3O2S2.